The number of terminal acetylenes is 2. The van der Waals surface area contributed by atoms with E-state index in [9.17, 15) is 9.59 Å². The molecular weight excluding hydrogens is 456 g/mol. The van der Waals surface area contributed by atoms with E-state index in [1.165, 1.54) is 11.8 Å². The predicted octanol–water partition coefficient (Wildman–Crippen LogP) is 0.802. The maximum Gasteiger partial charge on any atom is 0.320 e. The lowest BCUT2D eigenvalue weighted by molar-refractivity contribution is -0.137. The number of ether oxygens (including phenoxy) is 2. The molecule has 0 aliphatic carbocycles. The monoisotopic (exact) mass is 466 g/mol. The summed E-state index contributed by atoms with van der Waals surface area (Å²) in [5.74, 6) is 47.0. The average Bonchev–Trinajstić information content (AvgIpc) is 2.85. The van der Waals surface area contributed by atoms with Crippen LogP contribution in [0.2, 0.25) is 0 Å². The normalized spacial score (nSPS) is 5.89. The lowest BCUT2D eigenvalue weighted by Crippen LogP contribution is -2.04. The molecule has 0 saturated heterocycles. The Morgan fingerprint density at radius 3 is 1.09 bits per heavy atom. The molecule has 0 aliphatic rings. The van der Waals surface area contributed by atoms with Crippen molar-refractivity contribution in [1.29, 1.82) is 0 Å². The van der Waals surface area contributed by atoms with Crippen LogP contribution >= 0.6 is 11.8 Å². The van der Waals surface area contributed by atoms with Crippen molar-refractivity contribution in [2.75, 3.05) is 11.5 Å². The lowest BCUT2D eigenvalue weighted by Gasteiger charge is -1.98. The Labute approximate surface area is 210 Å². The van der Waals surface area contributed by atoms with Crippen LogP contribution in [0, 0.1) is 143 Å². The molecular formula is C30H10O4S. The summed E-state index contributed by atoms with van der Waals surface area (Å²) < 4.78 is 9.36. The summed E-state index contributed by atoms with van der Waals surface area (Å²) in [5, 5.41) is 0. The van der Waals surface area contributed by atoms with E-state index >= 15 is 0 Å². The van der Waals surface area contributed by atoms with Crippen molar-refractivity contribution in [1.82, 2.24) is 0 Å². The number of thioether (sulfide) groups is 1. The molecule has 0 aromatic heterocycles. The van der Waals surface area contributed by atoms with Crippen LogP contribution in [-0.4, -0.2) is 23.4 Å². The Balaban J connectivity index is 4.01. The highest BCUT2D eigenvalue weighted by Crippen LogP contribution is 2.05. The molecule has 35 heavy (non-hydrogen) atoms. The van der Waals surface area contributed by atoms with Crippen LogP contribution < -0.4 is 0 Å². The van der Waals surface area contributed by atoms with Gasteiger partial charge in [-0.2, -0.15) is 11.8 Å². The van der Waals surface area contributed by atoms with Gasteiger partial charge in [0.15, 0.2) is 0 Å². The summed E-state index contributed by atoms with van der Waals surface area (Å²) in [6, 6.07) is 0. The van der Waals surface area contributed by atoms with Gasteiger partial charge in [-0.15, -0.1) is 12.8 Å². The van der Waals surface area contributed by atoms with Gasteiger partial charge in [0.05, 0.1) is 12.8 Å². The van der Waals surface area contributed by atoms with Gasteiger partial charge in [-0.3, -0.25) is 9.59 Å². The number of carbonyl (C=O) groups excluding carboxylic acids is 2. The number of hydrogen-bond acceptors (Lipinski definition) is 5. The van der Waals surface area contributed by atoms with Crippen LogP contribution in [0.4, 0.5) is 0 Å². The smallest absolute Gasteiger partial charge is 0.320 e. The third kappa shape index (κ3) is 24.2. The first-order chi connectivity index (χ1) is 17.2. The molecule has 0 fully saturated rings. The van der Waals surface area contributed by atoms with E-state index in [0.717, 1.165) is 0 Å². The number of carbonyl (C=O) groups is 2. The van der Waals surface area contributed by atoms with Crippen LogP contribution in [0.25, 0.3) is 0 Å². The molecule has 0 saturated carbocycles. The summed E-state index contributed by atoms with van der Waals surface area (Å²) in [6.45, 7) is 0. The Hall–Kier alpha value is -5.99. The highest BCUT2D eigenvalue weighted by molar-refractivity contribution is 7.99. The van der Waals surface area contributed by atoms with Crippen molar-refractivity contribution in [3.8, 4) is 143 Å². The van der Waals surface area contributed by atoms with Gasteiger partial charge in [0.1, 0.15) is 12.2 Å². The first-order valence-electron chi connectivity index (χ1n) is 9.09. The molecule has 0 amide bonds. The molecule has 0 unspecified atom stereocenters. The topological polar surface area (TPSA) is 52.6 Å². The predicted molar refractivity (Wildman–Crippen MR) is 134 cm³/mol. The maximum atomic E-state index is 11.5. The van der Waals surface area contributed by atoms with Gasteiger partial charge >= 0.3 is 11.9 Å². The first kappa shape index (κ1) is 29.0. The van der Waals surface area contributed by atoms with Crippen molar-refractivity contribution in [2.45, 2.75) is 12.8 Å². The fourth-order valence-electron chi connectivity index (χ4n) is 1.24. The standard InChI is InChI=1S/C30H10O4S/c1-3-5-7-9-11-13-15-17-19-21-25-33-29(31)23-27-35-28-24-30(32)34-26-22-20-18-16-14-12-10-8-6-4-2/h1-2H,23-24,27-28H2. The van der Waals surface area contributed by atoms with Crippen LogP contribution in [-0.2, 0) is 19.1 Å². The van der Waals surface area contributed by atoms with E-state index in [0.29, 0.717) is 11.5 Å². The summed E-state index contributed by atoms with van der Waals surface area (Å²) in [6.07, 6.45) is 14.4. The van der Waals surface area contributed by atoms with Crippen molar-refractivity contribution in [3.63, 3.8) is 0 Å². The van der Waals surface area contributed by atoms with Gasteiger partial charge in [-0.25, -0.2) is 0 Å². The van der Waals surface area contributed by atoms with Crippen LogP contribution in [0.3, 0.4) is 0 Å². The van der Waals surface area contributed by atoms with Gasteiger partial charge in [0.25, 0.3) is 0 Å². The van der Waals surface area contributed by atoms with E-state index in [1.807, 2.05) is 0 Å². The number of esters is 2. The SMILES string of the molecule is C#CC#CC#CC#CC#CC#COC(=O)CCSCCC(=O)OC#CC#CC#CC#CC#CC#C. The van der Waals surface area contributed by atoms with Crippen molar-refractivity contribution < 1.29 is 19.1 Å². The van der Waals surface area contributed by atoms with Crippen molar-refractivity contribution >= 4 is 23.7 Å². The van der Waals surface area contributed by atoms with Crippen molar-refractivity contribution in [2.24, 2.45) is 0 Å². The summed E-state index contributed by atoms with van der Waals surface area (Å²) in [5.41, 5.74) is 0. The third-order valence-corrected chi connectivity index (χ3v) is 3.46. The van der Waals surface area contributed by atoms with Crippen LogP contribution in [0.1, 0.15) is 12.8 Å². The third-order valence-electron chi connectivity index (χ3n) is 2.48. The molecule has 0 bridgehead atoms. The van der Waals surface area contributed by atoms with Crippen LogP contribution in [0.5, 0.6) is 0 Å². The molecule has 0 spiro atoms. The minimum atomic E-state index is -0.516. The Morgan fingerprint density at radius 1 is 0.486 bits per heavy atom. The fourth-order valence-corrected chi connectivity index (χ4v) is 2.07. The van der Waals surface area contributed by atoms with Gasteiger partial charge < -0.3 is 9.47 Å². The second-order valence-corrected chi connectivity index (χ2v) is 6.03. The zero-order valence-electron chi connectivity index (χ0n) is 18.0. The number of rotatable bonds is 6. The van der Waals surface area contributed by atoms with Crippen LogP contribution in [0.15, 0.2) is 0 Å². The second kappa shape index (κ2) is 24.3. The Kier molecular flexibility index (Phi) is 20.1. The van der Waals surface area contributed by atoms with Crippen molar-refractivity contribution in [3.05, 3.63) is 0 Å². The van der Waals surface area contributed by atoms with E-state index in [1.54, 1.807) is 0 Å². The molecule has 0 rings (SSSR count). The Bertz CT molecular complexity index is 1410. The zero-order chi connectivity index (χ0) is 25.7. The molecule has 160 valence electrons. The zero-order valence-corrected chi connectivity index (χ0v) is 18.8. The van der Waals surface area contributed by atoms with E-state index in [4.69, 9.17) is 12.8 Å². The van der Waals surface area contributed by atoms with Gasteiger partial charge in [-0.05, 0) is 59.2 Å². The molecule has 0 atom stereocenters. The minimum Gasteiger partial charge on any atom is -0.371 e. The summed E-state index contributed by atoms with van der Waals surface area (Å²) in [4.78, 5) is 23.0. The highest BCUT2D eigenvalue weighted by Gasteiger charge is 2.04. The first-order valence-corrected chi connectivity index (χ1v) is 10.2. The van der Waals surface area contributed by atoms with E-state index in [2.05, 4.69) is 140 Å². The molecule has 0 aromatic carbocycles. The molecule has 0 aliphatic heterocycles. The average molecular weight is 466 g/mol. The minimum absolute atomic E-state index is 0.118. The maximum absolute atomic E-state index is 11.5. The second-order valence-electron chi connectivity index (χ2n) is 4.80. The molecule has 0 radical (unpaired) electrons. The van der Waals surface area contributed by atoms with Gasteiger partial charge in [-0.1, -0.05) is 0 Å². The highest BCUT2D eigenvalue weighted by atomic mass is 32.2. The summed E-state index contributed by atoms with van der Waals surface area (Å²) >= 11 is 1.37. The molecule has 0 N–H and O–H groups in total. The molecule has 0 heterocycles. The largest absolute Gasteiger partial charge is 0.371 e. The molecule has 4 nitrogen and oxygen atoms in total. The molecule has 5 heteroatoms. The number of hydrogen-bond donors (Lipinski definition) is 0. The summed E-state index contributed by atoms with van der Waals surface area (Å²) in [7, 11) is 0. The van der Waals surface area contributed by atoms with Gasteiger partial charge in [0, 0.05) is 70.7 Å². The Morgan fingerprint density at radius 2 is 0.771 bits per heavy atom. The van der Waals surface area contributed by atoms with Gasteiger partial charge in [0.2, 0.25) is 0 Å². The van der Waals surface area contributed by atoms with E-state index < -0.39 is 11.9 Å². The molecule has 0 aromatic rings. The fraction of sp³-hybridized carbons (Fsp3) is 0.133. The van der Waals surface area contributed by atoms with E-state index in [-0.39, 0.29) is 12.8 Å². The lowest BCUT2D eigenvalue weighted by atomic mass is 10.5. The quantitative estimate of drug-likeness (QED) is 0.330.